The van der Waals surface area contributed by atoms with Crippen molar-refractivity contribution >= 4 is 29.6 Å². The molecule has 1 saturated heterocycles. The molecule has 1 aliphatic heterocycles. The van der Waals surface area contributed by atoms with E-state index in [1.165, 1.54) is 11.8 Å². The van der Waals surface area contributed by atoms with Gasteiger partial charge >= 0.3 is 6.03 Å². The first-order valence-corrected chi connectivity index (χ1v) is 12.2. The number of urea groups is 1. The summed E-state index contributed by atoms with van der Waals surface area (Å²) in [6.45, 7) is 5.15. The molecular weight excluding hydrogens is 452 g/mol. The second kappa shape index (κ2) is 11.7. The van der Waals surface area contributed by atoms with Crippen LogP contribution < -0.4 is 15.5 Å². The van der Waals surface area contributed by atoms with Gasteiger partial charge in [0.1, 0.15) is 0 Å². The Balaban J connectivity index is 1.44. The fourth-order valence-electron chi connectivity index (χ4n) is 3.68. The third-order valence-corrected chi connectivity index (χ3v) is 6.33. The van der Waals surface area contributed by atoms with Crippen molar-refractivity contribution in [1.29, 1.82) is 0 Å². The number of benzene rings is 2. The van der Waals surface area contributed by atoms with E-state index < -0.39 is 11.9 Å². The molecule has 0 spiro atoms. The summed E-state index contributed by atoms with van der Waals surface area (Å²) >= 11 is 1.25. The SMILES string of the molecule is CCc1ccccc1-n1c(SCC(=O)NC(=O)NCc2ccccc2)nnc1N1CCOCC1. The zero-order chi connectivity index (χ0) is 23.8. The van der Waals surface area contributed by atoms with Gasteiger partial charge in [-0.1, -0.05) is 67.2 Å². The molecule has 2 N–H and O–H groups in total. The Bertz CT molecular complexity index is 1110. The molecule has 3 amide bonds. The van der Waals surface area contributed by atoms with E-state index in [9.17, 15) is 9.59 Å². The van der Waals surface area contributed by atoms with Crippen molar-refractivity contribution in [1.82, 2.24) is 25.4 Å². The Kier molecular flexibility index (Phi) is 8.16. The topological polar surface area (TPSA) is 101 Å². The minimum Gasteiger partial charge on any atom is -0.378 e. The van der Waals surface area contributed by atoms with Gasteiger partial charge in [0.15, 0.2) is 5.16 Å². The molecule has 3 aromatic rings. The minimum atomic E-state index is -0.527. The molecule has 4 rings (SSSR count). The number of ether oxygens (including phenoxy) is 1. The molecule has 0 aliphatic carbocycles. The van der Waals surface area contributed by atoms with Crippen molar-refractivity contribution in [3.63, 3.8) is 0 Å². The number of nitrogens with one attached hydrogen (secondary N) is 2. The van der Waals surface area contributed by atoms with Crippen molar-refractivity contribution in [3.8, 4) is 5.69 Å². The van der Waals surface area contributed by atoms with Gasteiger partial charge in [-0.2, -0.15) is 0 Å². The highest BCUT2D eigenvalue weighted by Gasteiger charge is 2.23. The number of para-hydroxylation sites is 1. The molecule has 0 bridgehead atoms. The number of morpholine rings is 1. The number of rotatable bonds is 8. The fourth-order valence-corrected chi connectivity index (χ4v) is 4.42. The lowest BCUT2D eigenvalue weighted by Gasteiger charge is -2.28. The summed E-state index contributed by atoms with van der Waals surface area (Å²) in [5.41, 5.74) is 3.10. The van der Waals surface area contributed by atoms with Crippen LogP contribution in [0.1, 0.15) is 18.1 Å². The van der Waals surface area contributed by atoms with Gasteiger partial charge in [-0.3, -0.25) is 14.7 Å². The third kappa shape index (κ3) is 5.95. The number of hydrogen-bond donors (Lipinski definition) is 2. The third-order valence-electron chi connectivity index (χ3n) is 5.40. The van der Waals surface area contributed by atoms with E-state index in [-0.39, 0.29) is 5.75 Å². The first-order chi connectivity index (χ1) is 16.7. The molecule has 2 aromatic carbocycles. The van der Waals surface area contributed by atoms with Gasteiger partial charge in [0.05, 0.1) is 24.7 Å². The molecule has 2 heterocycles. The highest BCUT2D eigenvalue weighted by molar-refractivity contribution is 7.99. The molecule has 1 aliphatic rings. The molecule has 10 heteroatoms. The standard InChI is InChI=1S/C24H28N6O3S/c1-2-19-10-6-7-11-20(19)30-23(29-12-14-33-15-13-29)27-28-24(30)34-17-21(31)26-22(32)25-16-18-8-4-3-5-9-18/h3-11H,2,12-17H2,1H3,(H2,25,26,31,32). The maximum Gasteiger partial charge on any atom is 0.321 e. The number of anilines is 1. The Labute approximate surface area is 202 Å². The van der Waals surface area contributed by atoms with Gasteiger partial charge in [0.25, 0.3) is 0 Å². The summed E-state index contributed by atoms with van der Waals surface area (Å²) in [5.74, 6) is 0.364. The molecule has 9 nitrogen and oxygen atoms in total. The Morgan fingerprint density at radius 3 is 2.53 bits per heavy atom. The zero-order valence-corrected chi connectivity index (χ0v) is 19.9. The van der Waals surface area contributed by atoms with Crippen LogP contribution in [0.5, 0.6) is 0 Å². The van der Waals surface area contributed by atoms with Crippen LogP contribution in [0.4, 0.5) is 10.7 Å². The second-order valence-electron chi connectivity index (χ2n) is 7.70. The first-order valence-electron chi connectivity index (χ1n) is 11.3. The Morgan fingerprint density at radius 2 is 1.76 bits per heavy atom. The number of aryl methyl sites for hydroxylation is 1. The van der Waals surface area contributed by atoms with Gasteiger partial charge in [-0.15, -0.1) is 10.2 Å². The molecule has 1 fully saturated rings. The van der Waals surface area contributed by atoms with Crippen molar-refractivity contribution in [3.05, 3.63) is 65.7 Å². The maximum atomic E-state index is 12.4. The van der Waals surface area contributed by atoms with Crippen LogP contribution in [-0.4, -0.2) is 58.8 Å². The number of nitrogens with zero attached hydrogens (tertiary/aromatic N) is 4. The normalized spacial score (nSPS) is 13.5. The summed E-state index contributed by atoms with van der Waals surface area (Å²) in [6, 6.07) is 17.1. The predicted molar refractivity (Wildman–Crippen MR) is 131 cm³/mol. The molecule has 178 valence electrons. The van der Waals surface area contributed by atoms with E-state index in [1.54, 1.807) is 0 Å². The average Bonchev–Trinajstić information content (AvgIpc) is 3.31. The molecule has 0 atom stereocenters. The number of hydrogen-bond acceptors (Lipinski definition) is 7. The first kappa shape index (κ1) is 23.8. The van der Waals surface area contributed by atoms with Crippen LogP contribution in [0.2, 0.25) is 0 Å². The molecule has 34 heavy (non-hydrogen) atoms. The number of thioether (sulfide) groups is 1. The van der Waals surface area contributed by atoms with E-state index in [2.05, 4.69) is 38.7 Å². The van der Waals surface area contributed by atoms with Crippen LogP contribution in [0.25, 0.3) is 5.69 Å². The lowest BCUT2D eigenvalue weighted by Crippen LogP contribution is -2.40. The number of carbonyl (C=O) groups excluding carboxylic acids is 2. The van der Waals surface area contributed by atoms with Crippen molar-refractivity contribution in [2.75, 3.05) is 37.0 Å². The maximum absolute atomic E-state index is 12.4. The molecule has 0 saturated carbocycles. The van der Waals surface area contributed by atoms with Crippen LogP contribution in [-0.2, 0) is 22.5 Å². The number of imide groups is 1. The second-order valence-corrected chi connectivity index (χ2v) is 8.65. The van der Waals surface area contributed by atoms with Crippen LogP contribution in [0, 0.1) is 0 Å². The van der Waals surface area contributed by atoms with Crippen LogP contribution >= 0.6 is 11.8 Å². The van der Waals surface area contributed by atoms with E-state index >= 15 is 0 Å². The van der Waals surface area contributed by atoms with Gasteiger partial charge in [0.2, 0.25) is 11.9 Å². The number of aromatic nitrogens is 3. The molecular formula is C24H28N6O3S. The van der Waals surface area contributed by atoms with Crippen LogP contribution in [0.3, 0.4) is 0 Å². The summed E-state index contributed by atoms with van der Waals surface area (Å²) < 4.78 is 7.48. The molecule has 0 unspecified atom stereocenters. The van der Waals surface area contributed by atoms with Gasteiger partial charge in [-0.25, -0.2) is 4.79 Å². The van der Waals surface area contributed by atoms with Crippen molar-refractivity contribution in [2.24, 2.45) is 0 Å². The minimum absolute atomic E-state index is 0.0360. The lowest BCUT2D eigenvalue weighted by atomic mass is 10.1. The predicted octanol–water partition coefficient (Wildman–Crippen LogP) is 2.78. The highest BCUT2D eigenvalue weighted by atomic mass is 32.2. The van der Waals surface area contributed by atoms with Gasteiger partial charge in [0, 0.05) is 19.6 Å². The summed E-state index contributed by atoms with van der Waals surface area (Å²) in [6.07, 6.45) is 0.850. The van der Waals surface area contributed by atoms with Gasteiger partial charge in [-0.05, 0) is 23.6 Å². The largest absolute Gasteiger partial charge is 0.378 e. The van der Waals surface area contributed by atoms with E-state index in [1.807, 2.05) is 53.1 Å². The van der Waals surface area contributed by atoms with E-state index in [0.717, 1.165) is 42.3 Å². The zero-order valence-electron chi connectivity index (χ0n) is 19.1. The summed E-state index contributed by atoms with van der Waals surface area (Å²) in [5, 5.41) is 14.5. The lowest BCUT2D eigenvalue weighted by molar-refractivity contribution is -0.117. The summed E-state index contributed by atoms with van der Waals surface area (Å²) in [7, 11) is 0. The average molecular weight is 481 g/mol. The molecule has 0 radical (unpaired) electrons. The fraction of sp³-hybridized carbons (Fsp3) is 0.333. The van der Waals surface area contributed by atoms with Crippen LogP contribution in [0.15, 0.2) is 59.8 Å². The smallest absolute Gasteiger partial charge is 0.321 e. The number of carbonyl (C=O) groups is 2. The summed E-state index contributed by atoms with van der Waals surface area (Å²) in [4.78, 5) is 26.7. The van der Waals surface area contributed by atoms with Gasteiger partial charge < -0.3 is 15.0 Å². The van der Waals surface area contributed by atoms with Crippen molar-refractivity contribution < 1.29 is 14.3 Å². The van der Waals surface area contributed by atoms with Crippen molar-refractivity contribution in [2.45, 2.75) is 25.0 Å². The molecule has 1 aromatic heterocycles. The monoisotopic (exact) mass is 480 g/mol. The highest BCUT2D eigenvalue weighted by Crippen LogP contribution is 2.29. The quantitative estimate of drug-likeness (QED) is 0.478. The van der Waals surface area contributed by atoms with E-state index in [4.69, 9.17) is 4.74 Å². The Morgan fingerprint density at radius 1 is 1.03 bits per heavy atom. The number of amides is 3. The Hall–Kier alpha value is -3.37. The van der Waals surface area contributed by atoms with E-state index in [0.29, 0.717) is 24.9 Å².